The summed E-state index contributed by atoms with van der Waals surface area (Å²) >= 11 is 5.88. The average Bonchev–Trinajstić information content (AvgIpc) is 2.47. The minimum atomic E-state index is -0.482. The maximum absolute atomic E-state index is 12.8. The van der Waals surface area contributed by atoms with Crippen LogP contribution in [0.4, 0.5) is 0 Å². The molecule has 2 aliphatic carbocycles. The molecule has 0 saturated heterocycles. The molecule has 3 heteroatoms. The number of Topliss-reactive ketones (excluding diaryl/α,β-unsaturated/α-hetero) is 1. The van der Waals surface area contributed by atoms with Gasteiger partial charge in [0, 0.05) is 11.4 Å². The minimum Gasteiger partial charge on any atom is -0.295 e. The summed E-state index contributed by atoms with van der Waals surface area (Å²) in [6.07, 6.45) is 6.26. The van der Waals surface area contributed by atoms with Crippen LogP contribution in [0.15, 0.2) is 41.5 Å². The number of halogens is 1. The summed E-state index contributed by atoms with van der Waals surface area (Å²) in [7, 11) is 0. The summed E-state index contributed by atoms with van der Waals surface area (Å²) in [5, 5.41) is 0.690. The second kappa shape index (κ2) is 5.27. The zero-order chi connectivity index (χ0) is 15.0. The average molecular weight is 301 g/mol. The van der Waals surface area contributed by atoms with Gasteiger partial charge in [0.25, 0.3) is 0 Å². The highest BCUT2D eigenvalue weighted by Crippen LogP contribution is 2.46. The van der Waals surface area contributed by atoms with Crippen LogP contribution in [0.25, 0.3) is 6.08 Å². The van der Waals surface area contributed by atoms with E-state index in [1.165, 1.54) is 0 Å². The molecular formula is C18H17ClO2. The SMILES string of the molecule is CC12CCC(=O)C=C1CCC(=Cc1ccc(Cl)cc1)C2=O. The Labute approximate surface area is 129 Å². The monoisotopic (exact) mass is 300 g/mol. The van der Waals surface area contributed by atoms with Gasteiger partial charge in [-0.25, -0.2) is 0 Å². The second-order valence-electron chi connectivity index (χ2n) is 6.02. The van der Waals surface area contributed by atoms with Gasteiger partial charge < -0.3 is 0 Å². The Bertz CT molecular complexity index is 667. The number of carbonyl (C=O) groups excluding carboxylic acids is 2. The van der Waals surface area contributed by atoms with Crippen molar-refractivity contribution in [3.63, 3.8) is 0 Å². The molecule has 1 atom stereocenters. The molecule has 0 heterocycles. The highest BCUT2D eigenvalue weighted by Gasteiger charge is 2.43. The van der Waals surface area contributed by atoms with Crippen molar-refractivity contribution in [3.05, 3.63) is 52.1 Å². The predicted molar refractivity (Wildman–Crippen MR) is 84.1 cm³/mol. The molecule has 108 valence electrons. The van der Waals surface area contributed by atoms with E-state index >= 15 is 0 Å². The lowest BCUT2D eigenvalue weighted by Gasteiger charge is -2.38. The fraction of sp³-hybridized carbons (Fsp3) is 0.333. The molecule has 1 fully saturated rings. The lowest BCUT2D eigenvalue weighted by molar-refractivity contribution is -0.125. The maximum atomic E-state index is 12.8. The van der Waals surface area contributed by atoms with Gasteiger partial charge in [0.2, 0.25) is 0 Å². The van der Waals surface area contributed by atoms with E-state index in [-0.39, 0.29) is 11.6 Å². The van der Waals surface area contributed by atoms with E-state index in [1.54, 1.807) is 6.08 Å². The van der Waals surface area contributed by atoms with Crippen LogP contribution >= 0.6 is 11.6 Å². The number of hydrogen-bond donors (Lipinski definition) is 0. The van der Waals surface area contributed by atoms with Crippen LogP contribution in [0, 0.1) is 5.41 Å². The third-order valence-electron chi connectivity index (χ3n) is 4.58. The predicted octanol–water partition coefficient (Wildman–Crippen LogP) is 4.38. The van der Waals surface area contributed by atoms with E-state index in [2.05, 4.69) is 0 Å². The second-order valence-corrected chi connectivity index (χ2v) is 6.45. The Kier molecular flexibility index (Phi) is 3.58. The van der Waals surface area contributed by atoms with Crippen molar-refractivity contribution in [2.24, 2.45) is 5.41 Å². The summed E-state index contributed by atoms with van der Waals surface area (Å²) < 4.78 is 0. The number of carbonyl (C=O) groups is 2. The van der Waals surface area contributed by atoms with Gasteiger partial charge in [0.1, 0.15) is 0 Å². The van der Waals surface area contributed by atoms with E-state index in [0.29, 0.717) is 24.3 Å². The molecule has 0 aliphatic heterocycles. The van der Waals surface area contributed by atoms with Gasteiger partial charge in [0.05, 0.1) is 5.41 Å². The number of hydrogen-bond acceptors (Lipinski definition) is 2. The number of benzene rings is 1. The molecule has 2 nitrogen and oxygen atoms in total. The molecule has 1 unspecified atom stereocenters. The molecule has 0 radical (unpaired) electrons. The van der Waals surface area contributed by atoms with Crippen LogP contribution in [0.2, 0.25) is 5.02 Å². The number of allylic oxidation sites excluding steroid dienone is 3. The summed E-state index contributed by atoms with van der Waals surface area (Å²) in [4.78, 5) is 24.4. The fourth-order valence-corrected chi connectivity index (χ4v) is 3.33. The van der Waals surface area contributed by atoms with Gasteiger partial charge in [-0.05, 0) is 61.6 Å². The summed E-state index contributed by atoms with van der Waals surface area (Å²) in [6.45, 7) is 1.97. The quantitative estimate of drug-likeness (QED) is 0.721. The lowest BCUT2D eigenvalue weighted by Crippen LogP contribution is -2.38. The first-order chi connectivity index (χ1) is 9.99. The van der Waals surface area contributed by atoms with Crippen LogP contribution in [0.1, 0.15) is 38.2 Å². The molecule has 0 N–H and O–H groups in total. The normalized spacial score (nSPS) is 27.5. The van der Waals surface area contributed by atoms with Crippen molar-refractivity contribution in [2.75, 3.05) is 0 Å². The molecule has 3 rings (SSSR count). The van der Waals surface area contributed by atoms with E-state index in [0.717, 1.165) is 23.1 Å². The van der Waals surface area contributed by atoms with Crippen LogP contribution < -0.4 is 0 Å². The molecule has 0 bridgehead atoms. The van der Waals surface area contributed by atoms with Crippen molar-refractivity contribution >= 4 is 29.2 Å². The minimum absolute atomic E-state index is 0.153. The van der Waals surface area contributed by atoms with Crippen molar-refractivity contribution in [2.45, 2.75) is 32.6 Å². The Morgan fingerprint density at radius 2 is 1.81 bits per heavy atom. The maximum Gasteiger partial charge on any atom is 0.168 e. The largest absolute Gasteiger partial charge is 0.295 e. The molecule has 0 aromatic heterocycles. The van der Waals surface area contributed by atoms with Gasteiger partial charge in [-0.3, -0.25) is 9.59 Å². The first-order valence-corrected chi connectivity index (χ1v) is 7.62. The van der Waals surface area contributed by atoms with Gasteiger partial charge in [-0.1, -0.05) is 29.3 Å². The molecule has 1 saturated carbocycles. The van der Waals surface area contributed by atoms with Gasteiger partial charge in [-0.15, -0.1) is 0 Å². The molecule has 1 aromatic carbocycles. The third-order valence-corrected chi connectivity index (χ3v) is 4.83. The Balaban J connectivity index is 1.94. The highest BCUT2D eigenvalue weighted by molar-refractivity contribution is 6.30. The number of ketones is 2. The van der Waals surface area contributed by atoms with Crippen LogP contribution in [-0.2, 0) is 9.59 Å². The lowest BCUT2D eigenvalue weighted by atomic mass is 9.63. The van der Waals surface area contributed by atoms with Crippen LogP contribution in [0.5, 0.6) is 0 Å². The summed E-state index contributed by atoms with van der Waals surface area (Å²) in [5.74, 6) is 0.322. The Morgan fingerprint density at radius 3 is 2.52 bits per heavy atom. The van der Waals surface area contributed by atoms with E-state index in [4.69, 9.17) is 11.6 Å². The van der Waals surface area contributed by atoms with E-state index in [9.17, 15) is 9.59 Å². The fourth-order valence-electron chi connectivity index (χ4n) is 3.20. The summed E-state index contributed by atoms with van der Waals surface area (Å²) in [6, 6.07) is 7.49. The van der Waals surface area contributed by atoms with Crippen molar-refractivity contribution in [1.82, 2.24) is 0 Å². The van der Waals surface area contributed by atoms with Crippen LogP contribution in [-0.4, -0.2) is 11.6 Å². The molecule has 0 spiro atoms. The van der Waals surface area contributed by atoms with Crippen LogP contribution in [0.3, 0.4) is 0 Å². The highest BCUT2D eigenvalue weighted by atomic mass is 35.5. The third kappa shape index (κ3) is 2.60. The smallest absolute Gasteiger partial charge is 0.168 e. The zero-order valence-electron chi connectivity index (χ0n) is 12.0. The van der Waals surface area contributed by atoms with Gasteiger partial charge >= 0.3 is 0 Å². The summed E-state index contributed by atoms with van der Waals surface area (Å²) in [5.41, 5.74) is 2.37. The standard InChI is InChI=1S/C18H17ClO2/c1-18-9-8-16(20)11-14(18)5-4-13(17(18)21)10-12-2-6-15(19)7-3-12/h2-3,6-7,10-11H,4-5,8-9H2,1H3. The molecular weight excluding hydrogens is 284 g/mol. The van der Waals surface area contributed by atoms with Crippen molar-refractivity contribution in [1.29, 1.82) is 0 Å². The zero-order valence-corrected chi connectivity index (χ0v) is 12.7. The van der Waals surface area contributed by atoms with Crippen molar-refractivity contribution in [3.8, 4) is 0 Å². The number of fused-ring (bicyclic) bond motifs is 1. The molecule has 1 aromatic rings. The first-order valence-electron chi connectivity index (χ1n) is 7.24. The molecule has 21 heavy (non-hydrogen) atoms. The van der Waals surface area contributed by atoms with E-state index < -0.39 is 5.41 Å². The van der Waals surface area contributed by atoms with Crippen molar-refractivity contribution < 1.29 is 9.59 Å². The first kappa shape index (κ1) is 14.3. The Hall–Kier alpha value is -1.67. The van der Waals surface area contributed by atoms with Gasteiger partial charge in [-0.2, -0.15) is 0 Å². The van der Waals surface area contributed by atoms with E-state index in [1.807, 2.05) is 37.3 Å². The number of rotatable bonds is 1. The topological polar surface area (TPSA) is 34.1 Å². The molecule has 0 amide bonds. The van der Waals surface area contributed by atoms with Gasteiger partial charge in [0.15, 0.2) is 11.6 Å². The molecule has 2 aliphatic rings. The Morgan fingerprint density at radius 1 is 1.10 bits per heavy atom.